The van der Waals surface area contributed by atoms with E-state index in [1.54, 1.807) is 19.2 Å². The highest BCUT2D eigenvalue weighted by atomic mass is 16.5. The first kappa shape index (κ1) is 10.5. The van der Waals surface area contributed by atoms with Crippen LogP contribution in [-0.4, -0.2) is 25.3 Å². The molecule has 76 valence electrons. The van der Waals surface area contributed by atoms with Gasteiger partial charge in [0, 0.05) is 7.11 Å². The molecule has 0 aliphatic carbocycles. The van der Waals surface area contributed by atoms with Gasteiger partial charge < -0.3 is 14.6 Å². The van der Waals surface area contributed by atoms with Gasteiger partial charge in [0.15, 0.2) is 0 Å². The molecule has 0 bridgehead atoms. The Morgan fingerprint density at radius 1 is 1.43 bits per heavy atom. The smallest absolute Gasteiger partial charge is 0.341 e. The summed E-state index contributed by atoms with van der Waals surface area (Å²) in [6, 6.07) is 4.68. The average Bonchev–Trinajstić information content (AvgIpc) is 2.20. The van der Waals surface area contributed by atoms with Crippen LogP contribution < -0.4 is 0 Å². The van der Waals surface area contributed by atoms with E-state index in [0.717, 1.165) is 5.56 Å². The summed E-state index contributed by atoms with van der Waals surface area (Å²) in [7, 11) is 2.83. The number of benzene rings is 1. The number of phenolic OH excluding ortho intramolecular Hbond substituents is 1. The van der Waals surface area contributed by atoms with Crippen molar-refractivity contribution in [1.29, 1.82) is 0 Å². The number of aromatic hydroxyl groups is 1. The Morgan fingerprint density at radius 3 is 2.71 bits per heavy atom. The van der Waals surface area contributed by atoms with Crippen molar-refractivity contribution < 1.29 is 19.4 Å². The topological polar surface area (TPSA) is 55.8 Å². The number of carbonyl (C=O) groups is 1. The van der Waals surface area contributed by atoms with E-state index in [9.17, 15) is 9.90 Å². The van der Waals surface area contributed by atoms with Crippen LogP contribution in [0.5, 0.6) is 5.75 Å². The van der Waals surface area contributed by atoms with E-state index in [2.05, 4.69) is 4.74 Å². The largest absolute Gasteiger partial charge is 0.507 e. The van der Waals surface area contributed by atoms with Gasteiger partial charge in [-0.1, -0.05) is 6.07 Å². The fourth-order valence-electron chi connectivity index (χ4n) is 1.11. The number of carbonyl (C=O) groups excluding carboxylic acids is 1. The Hall–Kier alpha value is -1.55. The molecule has 0 aromatic heterocycles. The van der Waals surface area contributed by atoms with E-state index in [4.69, 9.17) is 4.74 Å². The molecule has 0 atom stereocenters. The van der Waals surface area contributed by atoms with Gasteiger partial charge in [-0.15, -0.1) is 0 Å². The Balaban J connectivity index is 3.01. The minimum Gasteiger partial charge on any atom is -0.507 e. The maximum atomic E-state index is 11.2. The predicted molar refractivity (Wildman–Crippen MR) is 50.2 cm³/mol. The van der Waals surface area contributed by atoms with E-state index < -0.39 is 5.97 Å². The Bertz CT molecular complexity index is 333. The number of methoxy groups -OCH3 is 2. The summed E-state index contributed by atoms with van der Waals surface area (Å²) >= 11 is 0. The van der Waals surface area contributed by atoms with Gasteiger partial charge in [0.1, 0.15) is 11.3 Å². The van der Waals surface area contributed by atoms with E-state index in [1.807, 2.05) is 0 Å². The third-order valence-corrected chi connectivity index (χ3v) is 1.78. The van der Waals surface area contributed by atoms with E-state index in [0.29, 0.717) is 6.61 Å². The average molecular weight is 196 g/mol. The lowest BCUT2D eigenvalue weighted by atomic mass is 10.1. The second-order valence-corrected chi connectivity index (χ2v) is 2.78. The normalized spacial score (nSPS) is 9.86. The molecule has 1 rings (SSSR count). The molecule has 0 spiro atoms. The molecule has 0 heterocycles. The quantitative estimate of drug-likeness (QED) is 0.741. The molecule has 1 aromatic rings. The van der Waals surface area contributed by atoms with Crippen LogP contribution in [0.25, 0.3) is 0 Å². The van der Waals surface area contributed by atoms with Gasteiger partial charge in [-0.2, -0.15) is 0 Å². The summed E-state index contributed by atoms with van der Waals surface area (Å²) < 4.78 is 9.41. The lowest BCUT2D eigenvalue weighted by Crippen LogP contribution is -2.02. The molecule has 0 saturated carbocycles. The van der Waals surface area contributed by atoms with Crippen molar-refractivity contribution in [2.24, 2.45) is 0 Å². The first-order valence-electron chi connectivity index (χ1n) is 4.08. The van der Waals surface area contributed by atoms with Gasteiger partial charge in [0.05, 0.1) is 13.7 Å². The number of rotatable bonds is 3. The first-order chi connectivity index (χ1) is 6.69. The van der Waals surface area contributed by atoms with Crippen molar-refractivity contribution in [2.45, 2.75) is 6.61 Å². The van der Waals surface area contributed by atoms with Crippen LogP contribution in [0.15, 0.2) is 18.2 Å². The molecule has 14 heavy (non-hydrogen) atoms. The van der Waals surface area contributed by atoms with E-state index in [-0.39, 0.29) is 11.3 Å². The second kappa shape index (κ2) is 4.62. The van der Waals surface area contributed by atoms with Crippen molar-refractivity contribution in [2.75, 3.05) is 14.2 Å². The fourth-order valence-corrected chi connectivity index (χ4v) is 1.11. The van der Waals surface area contributed by atoms with Gasteiger partial charge in [-0.05, 0) is 17.7 Å². The van der Waals surface area contributed by atoms with Gasteiger partial charge in [0.25, 0.3) is 0 Å². The van der Waals surface area contributed by atoms with Crippen molar-refractivity contribution in [1.82, 2.24) is 0 Å². The molecular formula is C10H12O4. The van der Waals surface area contributed by atoms with Gasteiger partial charge >= 0.3 is 5.97 Å². The van der Waals surface area contributed by atoms with Crippen LogP contribution in [0.4, 0.5) is 0 Å². The number of phenols is 1. The molecule has 0 amide bonds. The lowest BCUT2D eigenvalue weighted by Gasteiger charge is -2.05. The molecule has 1 aromatic carbocycles. The molecule has 0 unspecified atom stereocenters. The van der Waals surface area contributed by atoms with Gasteiger partial charge in [-0.25, -0.2) is 4.79 Å². The Morgan fingerprint density at radius 2 is 2.14 bits per heavy atom. The Kier molecular flexibility index (Phi) is 3.48. The summed E-state index contributed by atoms with van der Waals surface area (Å²) in [4.78, 5) is 11.2. The molecule has 4 heteroatoms. The molecule has 4 nitrogen and oxygen atoms in total. The van der Waals surface area contributed by atoms with Crippen LogP contribution in [0.1, 0.15) is 15.9 Å². The molecule has 0 aliphatic rings. The molecule has 0 fully saturated rings. The van der Waals surface area contributed by atoms with Gasteiger partial charge in [-0.3, -0.25) is 0 Å². The molecule has 0 radical (unpaired) electrons. The monoisotopic (exact) mass is 196 g/mol. The minimum atomic E-state index is -0.555. The Labute approximate surface area is 82.1 Å². The van der Waals surface area contributed by atoms with Crippen molar-refractivity contribution in [3.63, 3.8) is 0 Å². The molecule has 0 aliphatic heterocycles. The summed E-state index contributed by atoms with van der Waals surface area (Å²) in [5.74, 6) is -0.642. The highest BCUT2D eigenvalue weighted by Crippen LogP contribution is 2.19. The van der Waals surface area contributed by atoms with Crippen molar-refractivity contribution in [3.8, 4) is 5.75 Å². The maximum Gasteiger partial charge on any atom is 0.341 e. The third-order valence-electron chi connectivity index (χ3n) is 1.78. The fraction of sp³-hybridized carbons (Fsp3) is 0.300. The zero-order chi connectivity index (χ0) is 10.6. The highest BCUT2D eigenvalue weighted by molar-refractivity contribution is 5.92. The SMILES string of the molecule is COCc1ccc(O)c(C(=O)OC)c1. The number of esters is 1. The summed E-state index contributed by atoms with van der Waals surface area (Å²) in [6.45, 7) is 0.393. The molecule has 0 saturated heterocycles. The summed E-state index contributed by atoms with van der Waals surface area (Å²) in [5.41, 5.74) is 0.966. The summed E-state index contributed by atoms with van der Waals surface area (Å²) in [6.07, 6.45) is 0. The third kappa shape index (κ3) is 2.23. The zero-order valence-corrected chi connectivity index (χ0v) is 8.11. The molecule has 1 N–H and O–H groups in total. The van der Waals surface area contributed by atoms with Crippen molar-refractivity contribution >= 4 is 5.97 Å². The van der Waals surface area contributed by atoms with Crippen LogP contribution in [0.2, 0.25) is 0 Å². The number of ether oxygens (including phenoxy) is 2. The van der Waals surface area contributed by atoms with Crippen molar-refractivity contribution in [3.05, 3.63) is 29.3 Å². The van der Waals surface area contributed by atoms with Crippen LogP contribution >= 0.6 is 0 Å². The zero-order valence-electron chi connectivity index (χ0n) is 8.11. The van der Waals surface area contributed by atoms with E-state index in [1.165, 1.54) is 13.2 Å². The van der Waals surface area contributed by atoms with Gasteiger partial charge in [0.2, 0.25) is 0 Å². The van der Waals surface area contributed by atoms with Crippen LogP contribution in [-0.2, 0) is 16.1 Å². The standard InChI is InChI=1S/C10H12O4/c1-13-6-7-3-4-9(11)8(5-7)10(12)14-2/h3-5,11H,6H2,1-2H3. The molecular weight excluding hydrogens is 184 g/mol. The minimum absolute atomic E-state index is 0.0864. The highest BCUT2D eigenvalue weighted by Gasteiger charge is 2.11. The van der Waals surface area contributed by atoms with E-state index >= 15 is 0 Å². The first-order valence-corrected chi connectivity index (χ1v) is 4.08. The number of hydrogen-bond donors (Lipinski definition) is 1. The maximum absolute atomic E-state index is 11.2. The number of hydrogen-bond acceptors (Lipinski definition) is 4. The second-order valence-electron chi connectivity index (χ2n) is 2.78. The lowest BCUT2D eigenvalue weighted by molar-refractivity contribution is 0.0597. The summed E-state index contributed by atoms with van der Waals surface area (Å²) in [5, 5.41) is 9.36. The van der Waals surface area contributed by atoms with Crippen LogP contribution in [0, 0.1) is 0 Å². The van der Waals surface area contributed by atoms with Crippen LogP contribution in [0.3, 0.4) is 0 Å². The predicted octanol–water partition coefficient (Wildman–Crippen LogP) is 1.33.